The molecule has 1 aromatic carbocycles. The molecule has 0 radical (unpaired) electrons. The molecule has 3 rings (SSSR count). The van der Waals surface area contributed by atoms with Gasteiger partial charge < -0.3 is 9.72 Å². The standard InChI is InChI=1S/C15H14N4O3/c20-19(21)7-6-12-8-16-14-13(12)17-10-18-15(14)22-9-11-4-2-1-3-5-11/h1-5,8,10,16H,6-7,9H2. The Morgan fingerprint density at radius 2 is 2.05 bits per heavy atom. The van der Waals surface area contributed by atoms with Crippen LogP contribution < -0.4 is 4.74 Å². The Bertz CT molecular complexity index is 786. The Labute approximate surface area is 126 Å². The molecule has 0 unspecified atom stereocenters. The summed E-state index contributed by atoms with van der Waals surface area (Å²) >= 11 is 0. The Hall–Kier alpha value is -2.96. The number of benzene rings is 1. The fourth-order valence-electron chi connectivity index (χ4n) is 2.21. The summed E-state index contributed by atoms with van der Waals surface area (Å²) in [4.78, 5) is 21.5. The van der Waals surface area contributed by atoms with Crippen LogP contribution in [0.15, 0.2) is 42.9 Å². The number of nitrogens with zero attached hydrogens (tertiary/aromatic N) is 3. The van der Waals surface area contributed by atoms with Gasteiger partial charge >= 0.3 is 0 Å². The molecule has 0 saturated carbocycles. The van der Waals surface area contributed by atoms with Gasteiger partial charge in [0.1, 0.15) is 18.5 Å². The van der Waals surface area contributed by atoms with Crippen molar-refractivity contribution in [2.45, 2.75) is 13.0 Å². The van der Waals surface area contributed by atoms with Gasteiger partial charge in [0.05, 0.1) is 5.52 Å². The lowest BCUT2D eigenvalue weighted by Gasteiger charge is -2.06. The van der Waals surface area contributed by atoms with Crippen LogP contribution in [0.5, 0.6) is 5.88 Å². The van der Waals surface area contributed by atoms with E-state index in [-0.39, 0.29) is 11.5 Å². The van der Waals surface area contributed by atoms with Crippen molar-refractivity contribution in [3.05, 3.63) is 64.1 Å². The summed E-state index contributed by atoms with van der Waals surface area (Å²) < 4.78 is 5.73. The summed E-state index contributed by atoms with van der Waals surface area (Å²) in [6, 6.07) is 9.77. The van der Waals surface area contributed by atoms with Crippen LogP contribution in [0.2, 0.25) is 0 Å². The summed E-state index contributed by atoms with van der Waals surface area (Å²) in [7, 11) is 0. The smallest absolute Gasteiger partial charge is 0.241 e. The van der Waals surface area contributed by atoms with E-state index in [0.717, 1.165) is 11.1 Å². The zero-order valence-electron chi connectivity index (χ0n) is 11.7. The SMILES string of the molecule is O=[N+]([O-])CCc1c[nH]c2c(OCc3ccccc3)ncnc12. The number of nitro groups is 1. The van der Waals surface area contributed by atoms with Crippen molar-refractivity contribution in [2.24, 2.45) is 0 Å². The molecule has 0 atom stereocenters. The monoisotopic (exact) mass is 298 g/mol. The molecule has 0 amide bonds. The molecule has 2 heterocycles. The predicted octanol–water partition coefficient (Wildman–Crippen LogP) is 2.36. The second-order valence-electron chi connectivity index (χ2n) is 4.80. The van der Waals surface area contributed by atoms with Crippen LogP contribution in [0, 0.1) is 10.1 Å². The molecular weight excluding hydrogens is 284 g/mol. The van der Waals surface area contributed by atoms with E-state index < -0.39 is 0 Å². The molecule has 7 heteroatoms. The molecule has 0 fully saturated rings. The quantitative estimate of drug-likeness (QED) is 0.557. The average molecular weight is 298 g/mol. The summed E-state index contributed by atoms with van der Waals surface area (Å²) in [6.45, 7) is 0.271. The first-order valence-electron chi connectivity index (χ1n) is 6.83. The lowest BCUT2D eigenvalue weighted by Crippen LogP contribution is -2.03. The topological polar surface area (TPSA) is 93.9 Å². The van der Waals surface area contributed by atoms with E-state index in [2.05, 4.69) is 15.0 Å². The van der Waals surface area contributed by atoms with E-state index in [0.29, 0.717) is 29.9 Å². The highest BCUT2D eigenvalue weighted by atomic mass is 16.6. The molecule has 7 nitrogen and oxygen atoms in total. The van der Waals surface area contributed by atoms with Crippen molar-refractivity contribution in [3.8, 4) is 5.88 Å². The van der Waals surface area contributed by atoms with Crippen molar-refractivity contribution in [2.75, 3.05) is 6.54 Å². The second-order valence-corrected chi connectivity index (χ2v) is 4.80. The Morgan fingerprint density at radius 1 is 1.23 bits per heavy atom. The van der Waals surface area contributed by atoms with Gasteiger partial charge in [-0.3, -0.25) is 10.1 Å². The maximum absolute atomic E-state index is 10.5. The van der Waals surface area contributed by atoms with Crippen LogP contribution in [-0.2, 0) is 13.0 Å². The number of hydrogen-bond acceptors (Lipinski definition) is 5. The van der Waals surface area contributed by atoms with E-state index in [9.17, 15) is 10.1 Å². The summed E-state index contributed by atoms with van der Waals surface area (Å²) in [5, 5.41) is 10.5. The molecule has 1 N–H and O–H groups in total. The third-order valence-electron chi connectivity index (χ3n) is 3.29. The van der Waals surface area contributed by atoms with Gasteiger partial charge in [-0.2, -0.15) is 4.98 Å². The van der Waals surface area contributed by atoms with Gasteiger partial charge in [0.15, 0.2) is 0 Å². The van der Waals surface area contributed by atoms with Crippen LogP contribution in [0.4, 0.5) is 0 Å². The van der Waals surface area contributed by atoms with Crippen LogP contribution in [0.25, 0.3) is 11.0 Å². The molecule has 0 aliphatic rings. The summed E-state index contributed by atoms with van der Waals surface area (Å²) in [6.07, 6.45) is 3.45. The molecule has 22 heavy (non-hydrogen) atoms. The summed E-state index contributed by atoms with van der Waals surface area (Å²) in [5.41, 5.74) is 3.16. The Balaban J connectivity index is 1.80. The molecule has 0 spiro atoms. The van der Waals surface area contributed by atoms with E-state index in [1.165, 1.54) is 6.33 Å². The molecule has 112 valence electrons. The lowest BCUT2D eigenvalue weighted by molar-refractivity contribution is -0.479. The molecule has 0 bridgehead atoms. The zero-order valence-corrected chi connectivity index (χ0v) is 11.7. The second kappa shape index (κ2) is 6.21. The molecule has 0 aliphatic heterocycles. The number of hydrogen-bond donors (Lipinski definition) is 1. The van der Waals surface area contributed by atoms with E-state index >= 15 is 0 Å². The number of H-pyrrole nitrogens is 1. The largest absolute Gasteiger partial charge is 0.471 e. The minimum Gasteiger partial charge on any atom is -0.471 e. The molecule has 3 aromatic rings. The Morgan fingerprint density at radius 3 is 2.82 bits per heavy atom. The normalized spacial score (nSPS) is 10.7. The fourth-order valence-corrected chi connectivity index (χ4v) is 2.21. The van der Waals surface area contributed by atoms with Gasteiger partial charge in [-0.25, -0.2) is 4.98 Å². The average Bonchev–Trinajstić information content (AvgIpc) is 2.95. The van der Waals surface area contributed by atoms with Crippen molar-refractivity contribution in [3.63, 3.8) is 0 Å². The van der Waals surface area contributed by atoms with Crippen molar-refractivity contribution in [1.29, 1.82) is 0 Å². The first kappa shape index (κ1) is 14.0. The maximum Gasteiger partial charge on any atom is 0.241 e. The van der Waals surface area contributed by atoms with Crippen LogP contribution in [0.1, 0.15) is 11.1 Å². The van der Waals surface area contributed by atoms with Crippen molar-refractivity contribution < 1.29 is 9.66 Å². The first-order chi connectivity index (χ1) is 10.7. The lowest BCUT2D eigenvalue weighted by atomic mass is 10.2. The number of aromatic nitrogens is 3. The highest BCUT2D eigenvalue weighted by Crippen LogP contribution is 2.24. The van der Waals surface area contributed by atoms with E-state index in [1.807, 2.05) is 30.3 Å². The number of fused-ring (bicyclic) bond motifs is 1. The molecule has 0 saturated heterocycles. The van der Waals surface area contributed by atoms with Gasteiger partial charge in [-0.1, -0.05) is 30.3 Å². The van der Waals surface area contributed by atoms with Gasteiger partial charge in [-0.15, -0.1) is 0 Å². The number of nitrogens with one attached hydrogen (secondary N) is 1. The fraction of sp³-hybridized carbons (Fsp3) is 0.200. The molecule has 0 aliphatic carbocycles. The number of rotatable bonds is 6. The highest BCUT2D eigenvalue weighted by molar-refractivity contribution is 5.82. The zero-order chi connectivity index (χ0) is 15.4. The van der Waals surface area contributed by atoms with E-state index in [1.54, 1.807) is 6.20 Å². The maximum atomic E-state index is 10.5. The molecule has 2 aromatic heterocycles. The first-order valence-corrected chi connectivity index (χ1v) is 6.83. The Kier molecular flexibility index (Phi) is 3.95. The molecular formula is C15H14N4O3. The van der Waals surface area contributed by atoms with E-state index in [4.69, 9.17) is 4.74 Å². The minimum atomic E-state index is -0.340. The highest BCUT2D eigenvalue weighted by Gasteiger charge is 2.12. The van der Waals surface area contributed by atoms with Crippen LogP contribution in [0.3, 0.4) is 0 Å². The van der Waals surface area contributed by atoms with Crippen molar-refractivity contribution in [1.82, 2.24) is 15.0 Å². The van der Waals surface area contributed by atoms with Gasteiger partial charge in [0.2, 0.25) is 12.4 Å². The van der Waals surface area contributed by atoms with Gasteiger partial charge in [-0.05, 0) is 5.56 Å². The third kappa shape index (κ3) is 3.03. The minimum absolute atomic E-state index is 0.128. The van der Waals surface area contributed by atoms with Gasteiger partial charge in [0.25, 0.3) is 0 Å². The predicted molar refractivity (Wildman–Crippen MR) is 80.2 cm³/mol. The third-order valence-corrected chi connectivity index (χ3v) is 3.29. The number of aromatic amines is 1. The summed E-state index contributed by atoms with van der Waals surface area (Å²) in [5.74, 6) is 0.446. The van der Waals surface area contributed by atoms with Crippen LogP contribution >= 0.6 is 0 Å². The van der Waals surface area contributed by atoms with Crippen molar-refractivity contribution >= 4 is 11.0 Å². The number of ether oxygens (including phenoxy) is 1. The van der Waals surface area contributed by atoms with Crippen LogP contribution in [-0.4, -0.2) is 26.4 Å². The van der Waals surface area contributed by atoms with Gasteiger partial charge in [0, 0.05) is 23.1 Å².